The molecule has 0 spiro atoms. The minimum atomic E-state index is -4.62. The SMILES string of the molecule is CS(=O)(=O)N1CCN(c2cncc(-c3c[nH]c4ncc(Cl)cc34)n2)[C@@H](C(=O)NCC(F)(F)F)C1. The van der Waals surface area contributed by atoms with Crippen molar-refractivity contribution < 1.29 is 26.4 Å². The molecule has 1 amide bonds. The first-order valence-electron chi connectivity index (χ1n) is 9.93. The van der Waals surface area contributed by atoms with Gasteiger partial charge in [-0.2, -0.15) is 17.5 Å². The molecule has 0 radical (unpaired) electrons. The molecule has 0 saturated carbocycles. The maximum absolute atomic E-state index is 12.7. The molecule has 1 saturated heterocycles. The fourth-order valence-electron chi connectivity index (χ4n) is 3.68. The van der Waals surface area contributed by atoms with Crippen LogP contribution in [-0.2, 0) is 14.8 Å². The number of aromatic amines is 1. The molecular weight excluding hydrogens is 499 g/mol. The van der Waals surface area contributed by atoms with E-state index in [2.05, 4.69) is 19.9 Å². The smallest absolute Gasteiger partial charge is 0.345 e. The number of carbonyl (C=O) groups excluding carboxylic acids is 1. The lowest BCUT2D eigenvalue weighted by atomic mass is 10.1. The number of carbonyl (C=O) groups is 1. The van der Waals surface area contributed by atoms with Crippen LogP contribution in [-0.4, -0.2) is 83.2 Å². The third-order valence-electron chi connectivity index (χ3n) is 5.27. The van der Waals surface area contributed by atoms with Gasteiger partial charge in [0.2, 0.25) is 15.9 Å². The van der Waals surface area contributed by atoms with Gasteiger partial charge in [-0.3, -0.25) is 9.78 Å². The highest BCUT2D eigenvalue weighted by atomic mass is 35.5. The molecule has 0 unspecified atom stereocenters. The van der Waals surface area contributed by atoms with Gasteiger partial charge in [-0.15, -0.1) is 0 Å². The van der Waals surface area contributed by atoms with Crippen molar-refractivity contribution in [2.24, 2.45) is 0 Å². The lowest BCUT2D eigenvalue weighted by Gasteiger charge is -2.40. The lowest BCUT2D eigenvalue weighted by molar-refractivity contribution is -0.139. The van der Waals surface area contributed by atoms with Gasteiger partial charge in [-0.05, 0) is 6.07 Å². The first kappa shape index (κ1) is 24.2. The van der Waals surface area contributed by atoms with E-state index in [1.807, 2.05) is 5.32 Å². The standard InChI is InChI=1S/C19H19ClF3N7O3S/c1-34(32,33)29-2-3-30(15(9-29)18(31)27-10-19(21,22)23)16-8-24-7-14(28-16)13-6-26-17-12(13)4-11(20)5-25-17/h4-8,15H,2-3,9-10H2,1H3,(H,25,26)(H,27,31)/t15-/m1/s1. The molecule has 3 aromatic heterocycles. The van der Waals surface area contributed by atoms with Crippen LogP contribution in [0.1, 0.15) is 0 Å². The number of aromatic nitrogens is 4. The van der Waals surface area contributed by atoms with Crippen LogP contribution in [0, 0.1) is 0 Å². The van der Waals surface area contributed by atoms with Crippen LogP contribution in [0.3, 0.4) is 0 Å². The fraction of sp³-hybridized carbons (Fsp3) is 0.368. The summed E-state index contributed by atoms with van der Waals surface area (Å²) in [6.07, 6.45) is 2.36. The molecule has 34 heavy (non-hydrogen) atoms. The molecule has 2 N–H and O–H groups in total. The number of piperazine rings is 1. The van der Waals surface area contributed by atoms with Gasteiger partial charge in [0.25, 0.3) is 0 Å². The summed E-state index contributed by atoms with van der Waals surface area (Å²) < 4.78 is 63.1. The number of pyridine rings is 1. The maximum Gasteiger partial charge on any atom is 0.405 e. The molecule has 4 rings (SSSR count). The van der Waals surface area contributed by atoms with Crippen molar-refractivity contribution in [3.8, 4) is 11.3 Å². The van der Waals surface area contributed by atoms with E-state index in [1.54, 1.807) is 12.3 Å². The summed E-state index contributed by atoms with van der Waals surface area (Å²) in [5.74, 6) is -0.761. The minimum absolute atomic E-state index is 0.0244. The monoisotopic (exact) mass is 517 g/mol. The topological polar surface area (TPSA) is 124 Å². The Labute approximate surface area is 197 Å². The highest BCUT2D eigenvalue weighted by molar-refractivity contribution is 7.88. The second-order valence-electron chi connectivity index (χ2n) is 7.68. The Hall–Kier alpha value is -2.97. The number of anilines is 1. The lowest BCUT2D eigenvalue weighted by Crippen LogP contribution is -2.60. The Morgan fingerprint density at radius 1 is 1.29 bits per heavy atom. The molecule has 1 atom stereocenters. The van der Waals surface area contributed by atoms with Crippen molar-refractivity contribution in [3.05, 3.63) is 35.9 Å². The van der Waals surface area contributed by atoms with Crippen LogP contribution in [0.5, 0.6) is 0 Å². The molecule has 3 aromatic rings. The quantitative estimate of drug-likeness (QED) is 0.529. The molecule has 10 nitrogen and oxygen atoms in total. The molecule has 1 aliphatic rings. The summed E-state index contributed by atoms with van der Waals surface area (Å²) in [5, 5.41) is 2.93. The Morgan fingerprint density at radius 2 is 2.06 bits per heavy atom. The van der Waals surface area contributed by atoms with Gasteiger partial charge in [0.15, 0.2) is 0 Å². The molecule has 1 aliphatic heterocycles. The minimum Gasteiger partial charge on any atom is -0.345 e. The van der Waals surface area contributed by atoms with Crippen molar-refractivity contribution in [2.75, 3.05) is 37.3 Å². The van der Waals surface area contributed by atoms with E-state index in [1.165, 1.54) is 23.5 Å². The number of hydrogen-bond acceptors (Lipinski definition) is 7. The van der Waals surface area contributed by atoms with Crippen LogP contribution in [0.2, 0.25) is 5.02 Å². The van der Waals surface area contributed by atoms with E-state index in [0.29, 0.717) is 27.3 Å². The van der Waals surface area contributed by atoms with Crippen LogP contribution in [0.4, 0.5) is 19.0 Å². The molecule has 182 valence electrons. The second-order valence-corrected chi connectivity index (χ2v) is 10.1. The van der Waals surface area contributed by atoms with Crippen LogP contribution in [0.15, 0.2) is 30.9 Å². The van der Waals surface area contributed by atoms with Gasteiger partial charge < -0.3 is 15.2 Å². The zero-order valence-corrected chi connectivity index (χ0v) is 19.2. The van der Waals surface area contributed by atoms with Crippen molar-refractivity contribution in [1.82, 2.24) is 29.6 Å². The first-order valence-corrected chi connectivity index (χ1v) is 12.2. The Bertz CT molecular complexity index is 1330. The number of hydrogen-bond donors (Lipinski definition) is 2. The van der Waals surface area contributed by atoms with Crippen LogP contribution >= 0.6 is 11.6 Å². The van der Waals surface area contributed by atoms with Gasteiger partial charge >= 0.3 is 6.18 Å². The van der Waals surface area contributed by atoms with E-state index < -0.39 is 34.7 Å². The summed E-state index contributed by atoms with van der Waals surface area (Å²) >= 11 is 6.06. The van der Waals surface area contributed by atoms with E-state index in [0.717, 1.165) is 10.6 Å². The number of nitrogens with one attached hydrogen (secondary N) is 2. The highest BCUT2D eigenvalue weighted by Gasteiger charge is 2.38. The third-order valence-corrected chi connectivity index (χ3v) is 6.74. The Balaban J connectivity index is 1.68. The zero-order valence-electron chi connectivity index (χ0n) is 17.7. The summed E-state index contributed by atoms with van der Waals surface area (Å²) in [6.45, 7) is -1.82. The van der Waals surface area contributed by atoms with Gasteiger partial charge in [0.05, 0.1) is 29.4 Å². The maximum atomic E-state index is 12.7. The van der Waals surface area contributed by atoms with Crippen molar-refractivity contribution in [2.45, 2.75) is 12.2 Å². The highest BCUT2D eigenvalue weighted by Crippen LogP contribution is 2.29. The first-order chi connectivity index (χ1) is 15.9. The average molecular weight is 518 g/mol. The molecule has 0 aromatic carbocycles. The number of sulfonamides is 1. The summed E-state index contributed by atoms with van der Waals surface area (Å²) in [6, 6.07) is 0.456. The zero-order chi connectivity index (χ0) is 24.7. The van der Waals surface area contributed by atoms with E-state index in [4.69, 9.17) is 11.6 Å². The number of nitrogens with zero attached hydrogens (tertiary/aromatic N) is 5. The number of fused-ring (bicyclic) bond motifs is 1. The van der Waals surface area contributed by atoms with Gasteiger partial charge in [-0.1, -0.05) is 11.6 Å². The number of amides is 1. The Kier molecular flexibility index (Phi) is 6.40. The van der Waals surface area contributed by atoms with E-state index in [-0.39, 0.29) is 25.5 Å². The largest absolute Gasteiger partial charge is 0.405 e. The molecule has 0 aliphatic carbocycles. The van der Waals surface area contributed by atoms with Crippen LogP contribution in [0.25, 0.3) is 22.3 Å². The molecule has 15 heteroatoms. The molecule has 4 heterocycles. The number of rotatable bonds is 5. The summed E-state index contributed by atoms with van der Waals surface area (Å²) in [4.78, 5) is 30.0. The van der Waals surface area contributed by atoms with Gasteiger partial charge in [0.1, 0.15) is 24.1 Å². The molecular formula is C19H19ClF3N7O3S. The predicted molar refractivity (Wildman–Crippen MR) is 119 cm³/mol. The third kappa shape index (κ3) is 5.23. The van der Waals surface area contributed by atoms with Crippen LogP contribution < -0.4 is 10.2 Å². The summed E-state index contributed by atoms with van der Waals surface area (Å²) in [5.41, 5.74) is 1.61. The van der Waals surface area contributed by atoms with Gasteiger partial charge in [-0.25, -0.2) is 18.4 Å². The van der Waals surface area contributed by atoms with Crippen molar-refractivity contribution in [3.63, 3.8) is 0 Å². The number of alkyl halides is 3. The second kappa shape index (κ2) is 9.00. The number of halogens is 4. The van der Waals surface area contributed by atoms with E-state index in [9.17, 15) is 26.4 Å². The number of H-pyrrole nitrogens is 1. The van der Waals surface area contributed by atoms with Crippen molar-refractivity contribution in [1.29, 1.82) is 0 Å². The normalized spacial score (nSPS) is 17.8. The molecule has 1 fully saturated rings. The van der Waals surface area contributed by atoms with Crippen molar-refractivity contribution >= 4 is 44.4 Å². The van der Waals surface area contributed by atoms with Gasteiger partial charge in [0, 0.05) is 43.0 Å². The Morgan fingerprint density at radius 3 is 2.76 bits per heavy atom. The average Bonchev–Trinajstić information content (AvgIpc) is 3.19. The fourth-order valence-corrected chi connectivity index (χ4v) is 4.66. The summed E-state index contributed by atoms with van der Waals surface area (Å²) in [7, 11) is -3.67. The predicted octanol–water partition coefficient (Wildman–Crippen LogP) is 1.80. The van der Waals surface area contributed by atoms with E-state index >= 15 is 0 Å². The molecule has 0 bridgehead atoms.